The molecule has 2 aliphatic rings. The molecule has 176 valence electrons. The molecule has 2 fully saturated rings. The predicted molar refractivity (Wildman–Crippen MR) is 142 cm³/mol. The SMILES string of the molecule is CN=C(NCCCCN1CCN(c2ccccc2)CC1)N(C)CCC1CCOCC1.I. The van der Waals surface area contributed by atoms with Crippen molar-refractivity contribution < 1.29 is 4.74 Å². The molecule has 2 heterocycles. The number of rotatable bonds is 9. The van der Waals surface area contributed by atoms with E-state index in [1.165, 1.54) is 57.4 Å². The zero-order valence-electron chi connectivity index (χ0n) is 19.5. The Morgan fingerprint density at radius 3 is 2.48 bits per heavy atom. The van der Waals surface area contributed by atoms with Crippen molar-refractivity contribution in [3.63, 3.8) is 0 Å². The first-order valence-corrected chi connectivity index (χ1v) is 11.8. The quantitative estimate of drug-likeness (QED) is 0.224. The van der Waals surface area contributed by atoms with Gasteiger partial charge in [-0.3, -0.25) is 9.89 Å². The molecule has 7 heteroatoms. The number of halogens is 1. The summed E-state index contributed by atoms with van der Waals surface area (Å²) in [6.45, 7) is 9.72. The molecule has 2 aliphatic heterocycles. The molecule has 1 aromatic rings. The molecule has 0 atom stereocenters. The highest BCUT2D eigenvalue weighted by Gasteiger charge is 2.17. The zero-order valence-corrected chi connectivity index (χ0v) is 21.8. The second kappa shape index (κ2) is 14.9. The monoisotopic (exact) mass is 543 g/mol. The lowest BCUT2D eigenvalue weighted by Crippen LogP contribution is -2.46. The number of hydrogen-bond acceptors (Lipinski definition) is 4. The normalized spacial score (nSPS) is 18.5. The van der Waals surface area contributed by atoms with Crippen molar-refractivity contribution in [2.24, 2.45) is 10.9 Å². The number of piperazine rings is 1. The fraction of sp³-hybridized carbons (Fsp3) is 0.708. The molecule has 0 spiro atoms. The second-order valence-corrected chi connectivity index (χ2v) is 8.61. The Bertz CT molecular complexity index is 616. The third-order valence-electron chi connectivity index (χ3n) is 6.46. The number of ether oxygens (including phenoxy) is 1. The van der Waals surface area contributed by atoms with Gasteiger partial charge in [0.1, 0.15) is 0 Å². The zero-order chi connectivity index (χ0) is 21.0. The van der Waals surface area contributed by atoms with Crippen LogP contribution in [0, 0.1) is 5.92 Å². The van der Waals surface area contributed by atoms with Crippen molar-refractivity contribution >= 4 is 35.6 Å². The van der Waals surface area contributed by atoms with Crippen molar-refractivity contribution in [1.29, 1.82) is 0 Å². The summed E-state index contributed by atoms with van der Waals surface area (Å²) in [7, 11) is 4.04. The summed E-state index contributed by atoms with van der Waals surface area (Å²) in [4.78, 5) is 11.8. The number of nitrogens with zero attached hydrogens (tertiary/aromatic N) is 4. The van der Waals surface area contributed by atoms with Crippen LogP contribution in [0.15, 0.2) is 35.3 Å². The van der Waals surface area contributed by atoms with Crippen LogP contribution in [-0.4, -0.2) is 88.9 Å². The summed E-state index contributed by atoms with van der Waals surface area (Å²) in [5.41, 5.74) is 1.36. The summed E-state index contributed by atoms with van der Waals surface area (Å²) in [5.74, 6) is 1.83. The van der Waals surface area contributed by atoms with Crippen LogP contribution >= 0.6 is 24.0 Å². The maximum absolute atomic E-state index is 5.46. The first-order valence-electron chi connectivity index (χ1n) is 11.8. The molecule has 0 unspecified atom stereocenters. The van der Waals surface area contributed by atoms with E-state index in [0.717, 1.165) is 51.3 Å². The van der Waals surface area contributed by atoms with Gasteiger partial charge in [-0.1, -0.05) is 18.2 Å². The van der Waals surface area contributed by atoms with Crippen LogP contribution in [0.25, 0.3) is 0 Å². The predicted octanol–water partition coefficient (Wildman–Crippen LogP) is 3.53. The highest BCUT2D eigenvalue weighted by atomic mass is 127. The van der Waals surface area contributed by atoms with Crippen LogP contribution in [-0.2, 0) is 4.74 Å². The Balaban J connectivity index is 0.00000341. The number of guanidine groups is 1. The molecular weight excluding hydrogens is 501 g/mol. The number of hydrogen-bond donors (Lipinski definition) is 1. The summed E-state index contributed by atoms with van der Waals surface area (Å²) in [6.07, 6.45) is 6.07. The van der Waals surface area contributed by atoms with Gasteiger partial charge in [-0.15, -0.1) is 24.0 Å². The molecule has 3 rings (SSSR count). The van der Waals surface area contributed by atoms with Crippen LogP contribution in [0.2, 0.25) is 0 Å². The molecule has 0 aromatic heterocycles. The Morgan fingerprint density at radius 2 is 1.81 bits per heavy atom. The van der Waals surface area contributed by atoms with Crippen molar-refractivity contribution in [1.82, 2.24) is 15.1 Å². The molecule has 0 amide bonds. The highest BCUT2D eigenvalue weighted by molar-refractivity contribution is 14.0. The van der Waals surface area contributed by atoms with Gasteiger partial charge in [-0.05, 0) is 56.7 Å². The van der Waals surface area contributed by atoms with E-state index < -0.39 is 0 Å². The Kier molecular flexibility index (Phi) is 12.6. The molecule has 0 aliphatic carbocycles. The molecule has 1 aromatic carbocycles. The Labute approximate surface area is 206 Å². The fourth-order valence-electron chi connectivity index (χ4n) is 4.43. The molecule has 0 bridgehead atoms. The third kappa shape index (κ3) is 9.14. The highest BCUT2D eigenvalue weighted by Crippen LogP contribution is 2.18. The van der Waals surface area contributed by atoms with Gasteiger partial charge in [0.25, 0.3) is 0 Å². The van der Waals surface area contributed by atoms with E-state index in [1.54, 1.807) is 0 Å². The lowest BCUT2D eigenvalue weighted by molar-refractivity contribution is 0.0625. The van der Waals surface area contributed by atoms with Crippen molar-refractivity contribution in [2.45, 2.75) is 32.1 Å². The number of anilines is 1. The number of para-hydroxylation sites is 1. The van der Waals surface area contributed by atoms with E-state index in [2.05, 4.69) is 62.4 Å². The molecule has 31 heavy (non-hydrogen) atoms. The minimum absolute atomic E-state index is 0. The van der Waals surface area contributed by atoms with Gasteiger partial charge in [0.15, 0.2) is 5.96 Å². The average Bonchev–Trinajstić information content (AvgIpc) is 2.81. The summed E-state index contributed by atoms with van der Waals surface area (Å²) in [6, 6.07) is 10.8. The van der Waals surface area contributed by atoms with Gasteiger partial charge in [-0.2, -0.15) is 0 Å². The maximum atomic E-state index is 5.46. The molecule has 2 saturated heterocycles. The minimum Gasteiger partial charge on any atom is -0.381 e. The second-order valence-electron chi connectivity index (χ2n) is 8.61. The smallest absolute Gasteiger partial charge is 0.193 e. The molecule has 0 radical (unpaired) electrons. The Hall–Kier alpha value is -1.06. The first kappa shape index (κ1) is 26.2. The summed E-state index contributed by atoms with van der Waals surface area (Å²) in [5, 5.41) is 3.55. The molecule has 0 saturated carbocycles. The lowest BCUT2D eigenvalue weighted by Gasteiger charge is -2.36. The molecule has 6 nitrogen and oxygen atoms in total. The summed E-state index contributed by atoms with van der Waals surface area (Å²) >= 11 is 0. The van der Waals surface area contributed by atoms with Crippen LogP contribution in [0.1, 0.15) is 32.1 Å². The van der Waals surface area contributed by atoms with E-state index in [4.69, 9.17) is 4.74 Å². The van der Waals surface area contributed by atoms with E-state index in [1.807, 2.05) is 7.05 Å². The minimum atomic E-state index is 0. The van der Waals surface area contributed by atoms with Gasteiger partial charge < -0.3 is 19.9 Å². The first-order chi connectivity index (χ1) is 14.8. The topological polar surface area (TPSA) is 43.3 Å². The van der Waals surface area contributed by atoms with E-state index >= 15 is 0 Å². The van der Waals surface area contributed by atoms with Gasteiger partial charge in [0.2, 0.25) is 0 Å². The van der Waals surface area contributed by atoms with Crippen LogP contribution in [0.5, 0.6) is 0 Å². The number of aliphatic imine (C=N–C) groups is 1. The van der Waals surface area contributed by atoms with Gasteiger partial charge in [-0.25, -0.2) is 0 Å². The summed E-state index contributed by atoms with van der Waals surface area (Å²) < 4.78 is 5.46. The number of nitrogens with one attached hydrogen (secondary N) is 1. The van der Waals surface area contributed by atoms with Crippen LogP contribution in [0.4, 0.5) is 5.69 Å². The number of benzene rings is 1. The van der Waals surface area contributed by atoms with E-state index in [-0.39, 0.29) is 24.0 Å². The van der Waals surface area contributed by atoms with Crippen LogP contribution in [0.3, 0.4) is 0 Å². The van der Waals surface area contributed by atoms with E-state index in [9.17, 15) is 0 Å². The standard InChI is InChI=1S/C24H41N5O.HI/c1-25-24(27(2)15-10-22-11-20-30-21-12-22)26-13-6-7-14-28-16-18-29(19-17-28)23-8-4-3-5-9-23;/h3-5,8-9,22H,6-7,10-21H2,1-2H3,(H,25,26);1H. The van der Waals surface area contributed by atoms with Crippen molar-refractivity contribution in [2.75, 3.05) is 78.0 Å². The average molecular weight is 544 g/mol. The fourth-order valence-corrected chi connectivity index (χ4v) is 4.43. The third-order valence-corrected chi connectivity index (χ3v) is 6.46. The molecule has 1 N–H and O–H groups in total. The Morgan fingerprint density at radius 1 is 1.10 bits per heavy atom. The van der Waals surface area contributed by atoms with Gasteiger partial charge >= 0.3 is 0 Å². The maximum Gasteiger partial charge on any atom is 0.193 e. The van der Waals surface area contributed by atoms with Crippen molar-refractivity contribution in [3.8, 4) is 0 Å². The number of unbranched alkanes of at least 4 members (excludes halogenated alkanes) is 1. The van der Waals surface area contributed by atoms with E-state index in [0.29, 0.717) is 0 Å². The lowest BCUT2D eigenvalue weighted by atomic mass is 9.96. The van der Waals surface area contributed by atoms with Crippen molar-refractivity contribution in [3.05, 3.63) is 30.3 Å². The van der Waals surface area contributed by atoms with Gasteiger partial charge in [0.05, 0.1) is 0 Å². The van der Waals surface area contributed by atoms with Crippen LogP contribution < -0.4 is 10.2 Å². The largest absolute Gasteiger partial charge is 0.381 e. The molecular formula is C24H42IN5O. The van der Waals surface area contributed by atoms with Gasteiger partial charge in [0, 0.05) is 72.3 Å².